The number of piperidine rings is 1. The van der Waals surface area contributed by atoms with Crippen LogP contribution < -0.4 is 10.1 Å². The van der Waals surface area contributed by atoms with E-state index in [1.165, 1.54) is 25.3 Å². The highest BCUT2D eigenvalue weighted by atomic mass is 19.1. The number of ketones is 1. The topological polar surface area (TPSA) is 40.4 Å². The third kappa shape index (κ3) is 2.64. The zero-order valence-electron chi connectivity index (χ0n) is 9.78. The molecule has 4 heteroatoms. The summed E-state index contributed by atoms with van der Waals surface area (Å²) in [4.78, 5) is 12.2. The predicted molar refractivity (Wildman–Crippen MR) is 61.9 cm³/mol. The van der Waals surface area contributed by atoms with E-state index in [9.17, 15) is 9.18 Å². The second kappa shape index (κ2) is 5.27. The van der Waals surface area contributed by atoms with Gasteiger partial charge in [0.25, 0.3) is 0 Å². The van der Waals surface area contributed by atoms with Crippen molar-refractivity contribution in [3.63, 3.8) is 0 Å². The molecule has 1 aliphatic heterocycles. The molecule has 1 aromatic carbocycles. The molecule has 0 amide bonds. The van der Waals surface area contributed by atoms with E-state index >= 15 is 0 Å². The van der Waals surface area contributed by atoms with Crippen molar-refractivity contribution in [1.82, 2.24) is 5.32 Å². The molecule has 91 valence electrons. The van der Waals surface area contributed by atoms with Gasteiger partial charge in [0, 0.05) is 25.1 Å². The second-order valence-electron chi connectivity index (χ2n) is 4.15. The molecule has 3 nitrogen and oxygen atoms in total. The van der Waals surface area contributed by atoms with Crippen LogP contribution in [0.3, 0.4) is 0 Å². The number of hydrogen-bond acceptors (Lipinski definition) is 2. The Morgan fingerprint density at radius 3 is 2.76 bits per heavy atom. The average molecular weight is 236 g/mol. The molecule has 0 spiro atoms. The molecule has 0 bridgehead atoms. The lowest BCUT2D eigenvalue weighted by Crippen LogP contribution is -2.28. The van der Waals surface area contributed by atoms with Crippen molar-refractivity contribution < 1.29 is 13.9 Å². The summed E-state index contributed by atoms with van der Waals surface area (Å²) in [6.45, 7) is 1.47. The Kier molecular flexibility index (Phi) is 3.74. The van der Waals surface area contributed by atoms with E-state index in [2.05, 4.69) is 5.32 Å². The summed E-state index contributed by atoms with van der Waals surface area (Å²) < 4.78 is 18.1. The standard InChI is InChI=1S/C13H15FNO2/c1-17-12-8-10(14)2-3-11(12)13(16)9-4-6-15-7-5-9/h2-3,8-9H,4-7H2,1H3. The van der Waals surface area contributed by atoms with E-state index in [-0.39, 0.29) is 11.7 Å². The number of Topliss-reactive ketones (excluding diaryl/α,β-unsaturated/α-hetero) is 1. The lowest BCUT2D eigenvalue weighted by Gasteiger charge is -2.21. The molecule has 0 N–H and O–H groups in total. The molecular formula is C13H15FNO2. The third-order valence-electron chi connectivity index (χ3n) is 3.07. The van der Waals surface area contributed by atoms with Gasteiger partial charge >= 0.3 is 0 Å². The minimum atomic E-state index is -0.392. The second-order valence-corrected chi connectivity index (χ2v) is 4.15. The molecule has 0 saturated carbocycles. The van der Waals surface area contributed by atoms with Gasteiger partial charge in [0.1, 0.15) is 11.6 Å². The first-order chi connectivity index (χ1) is 8.22. The van der Waals surface area contributed by atoms with Crippen LogP contribution in [0.15, 0.2) is 18.2 Å². The van der Waals surface area contributed by atoms with Crippen LogP contribution in [-0.4, -0.2) is 26.0 Å². The van der Waals surface area contributed by atoms with Gasteiger partial charge in [-0.25, -0.2) is 9.71 Å². The maximum Gasteiger partial charge on any atom is 0.169 e. The monoisotopic (exact) mass is 236 g/mol. The van der Waals surface area contributed by atoms with Gasteiger partial charge in [-0.2, -0.15) is 0 Å². The predicted octanol–water partition coefficient (Wildman–Crippen LogP) is 2.03. The molecule has 1 aliphatic rings. The molecule has 0 unspecified atom stereocenters. The number of halogens is 1. The molecule has 1 radical (unpaired) electrons. The Balaban J connectivity index is 2.23. The highest BCUT2D eigenvalue weighted by Crippen LogP contribution is 2.26. The molecule has 0 aliphatic carbocycles. The van der Waals surface area contributed by atoms with Crippen LogP contribution in [0.5, 0.6) is 5.75 Å². The van der Waals surface area contributed by atoms with Gasteiger partial charge in [-0.3, -0.25) is 4.79 Å². The Morgan fingerprint density at radius 1 is 1.41 bits per heavy atom. The first-order valence-corrected chi connectivity index (χ1v) is 5.73. The van der Waals surface area contributed by atoms with Crippen molar-refractivity contribution in [1.29, 1.82) is 0 Å². The minimum Gasteiger partial charge on any atom is -0.496 e. The van der Waals surface area contributed by atoms with Gasteiger partial charge in [-0.05, 0) is 25.0 Å². The molecule has 0 atom stereocenters. The Bertz CT molecular complexity index is 414. The van der Waals surface area contributed by atoms with E-state index < -0.39 is 5.82 Å². The summed E-state index contributed by atoms with van der Waals surface area (Å²) >= 11 is 0. The molecule has 0 aromatic heterocycles. The number of carbonyl (C=O) groups is 1. The number of carbonyl (C=O) groups excluding carboxylic acids is 1. The van der Waals surface area contributed by atoms with E-state index in [1.807, 2.05) is 0 Å². The van der Waals surface area contributed by atoms with Crippen LogP contribution in [0.4, 0.5) is 4.39 Å². The zero-order valence-corrected chi connectivity index (χ0v) is 9.78. The smallest absolute Gasteiger partial charge is 0.169 e. The molecule has 17 heavy (non-hydrogen) atoms. The largest absolute Gasteiger partial charge is 0.496 e. The first kappa shape index (κ1) is 12.0. The Morgan fingerprint density at radius 2 is 2.12 bits per heavy atom. The van der Waals surface area contributed by atoms with Crippen molar-refractivity contribution in [2.24, 2.45) is 5.92 Å². The Hall–Kier alpha value is -1.42. The van der Waals surface area contributed by atoms with E-state index in [0.29, 0.717) is 11.3 Å². The summed E-state index contributed by atoms with van der Waals surface area (Å²) in [7, 11) is 1.45. The van der Waals surface area contributed by atoms with Crippen LogP contribution in [0.1, 0.15) is 23.2 Å². The molecular weight excluding hydrogens is 221 g/mol. The molecule has 1 heterocycles. The van der Waals surface area contributed by atoms with E-state index in [0.717, 1.165) is 25.9 Å². The SMILES string of the molecule is COc1cc(F)ccc1C(=O)C1CC[N]CC1. The van der Waals surface area contributed by atoms with Crippen molar-refractivity contribution >= 4 is 5.78 Å². The van der Waals surface area contributed by atoms with Crippen molar-refractivity contribution in [3.8, 4) is 5.75 Å². The number of ether oxygens (including phenoxy) is 1. The van der Waals surface area contributed by atoms with Crippen molar-refractivity contribution in [3.05, 3.63) is 29.6 Å². The fourth-order valence-corrected chi connectivity index (χ4v) is 2.10. The van der Waals surface area contributed by atoms with Crippen molar-refractivity contribution in [2.75, 3.05) is 20.2 Å². The zero-order chi connectivity index (χ0) is 12.3. The minimum absolute atomic E-state index is 0.00754. The molecule has 2 rings (SSSR count). The van der Waals surface area contributed by atoms with Crippen LogP contribution in [-0.2, 0) is 0 Å². The normalized spacial score (nSPS) is 16.8. The van der Waals surface area contributed by atoms with Crippen LogP contribution in [0.2, 0.25) is 0 Å². The maximum atomic E-state index is 13.0. The van der Waals surface area contributed by atoms with Gasteiger partial charge in [0.05, 0.1) is 12.7 Å². The molecule has 1 aromatic rings. The average Bonchev–Trinajstić information content (AvgIpc) is 2.39. The van der Waals surface area contributed by atoms with Crippen LogP contribution >= 0.6 is 0 Å². The number of methoxy groups -OCH3 is 1. The van der Waals surface area contributed by atoms with Gasteiger partial charge in [0.15, 0.2) is 5.78 Å². The summed E-state index contributed by atoms with van der Waals surface area (Å²) in [5, 5.41) is 4.22. The Labute approximate surface area is 100.0 Å². The quantitative estimate of drug-likeness (QED) is 0.753. The van der Waals surface area contributed by atoms with Crippen LogP contribution in [0, 0.1) is 11.7 Å². The summed E-state index contributed by atoms with van der Waals surface area (Å²) in [6.07, 6.45) is 1.55. The lowest BCUT2D eigenvalue weighted by atomic mass is 9.89. The first-order valence-electron chi connectivity index (χ1n) is 5.73. The van der Waals surface area contributed by atoms with Crippen LogP contribution in [0.25, 0.3) is 0 Å². The van der Waals surface area contributed by atoms with Gasteiger partial charge in [-0.1, -0.05) is 0 Å². The third-order valence-corrected chi connectivity index (χ3v) is 3.07. The molecule has 1 fully saturated rings. The highest BCUT2D eigenvalue weighted by Gasteiger charge is 2.25. The van der Waals surface area contributed by atoms with Gasteiger partial charge in [0.2, 0.25) is 0 Å². The van der Waals surface area contributed by atoms with E-state index in [1.54, 1.807) is 0 Å². The number of nitrogens with zero attached hydrogens (tertiary/aromatic N) is 1. The fraction of sp³-hybridized carbons (Fsp3) is 0.462. The van der Waals surface area contributed by atoms with Crippen molar-refractivity contribution in [2.45, 2.75) is 12.8 Å². The lowest BCUT2D eigenvalue weighted by molar-refractivity contribution is 0.0891. The highest BCUT2D eigenvalue weighted by molar-refractivity contribution is 6.00. The number of benzene rings is 1. The maximum absolute atomic E-state index is 13.0. The summed E-state index contributed by atoms with van der Waals surface area (Å²) in [5.74, 6) is -0.0434. The number of rotatable bonds is 3. The van der Waals surface area contributed by atoms with Gasteiger partial charge < -0.3 is 4.74 Å². The van der Waals surface area contributed by atoms with E-state index in [4.69, 9.17) is 4.74 Å². The van der Waals surface area contributed by atoms with Gasteiger partial charge in [-0.15, -0.1) is 0 Å². The fourth-order valence-electron chi connectivity index (χ4n) is 2.10. The number of hydrogen-bond donors (Lipinski definition) is 0. The summed E-state index contributed by atoms with van der Waals surface area (Å²) in [5.41, 5.74) is 0.473. The molecule has 1 saturated heterocycles. The summed E-state index contributed by atoms with van der Waals surface area (Å²) in [6, 6.07) is 4.05.